The van der Waals surface area contributed by atoms with E-state index in [2.05, 4.69) is 4.74 Å². The Bertz CT molecular complexity index is 633. The summed E-state index contributed by atoms with van der Waals surface area (Å²) in [7, 11) is 0. The van der Waals surface area contributed by atoms with E-state index in [0.29, 0.717) is 0 Å². The molecule has 136 valence electrons. The second-order valence-electron chi connectivity index (χ2n) is 3.97. The molecule has 3 nitrogen and oxygen atoms in total. The van der Waals surface area contributed by atoms with E-state index in [9.17, 15) is 58.2 Å². The third kappa shape index (κ3) is 2.85. The molecule has 14 heteroatoms. The molecule has 1 aromatic rings. The Morgan fingerprint density at radius 2 is 1.00 bits per heavy atom. The number of carbonyl (C=O) groups excluding carboxylic acids is 1. The van der Waals surface area contributed by atoms with E-state index >= 15 is 0 Å². The molecule has 0 aliphatic carbocycles. The maximum atomic E-state index is 13.1. The Labute approximate surface area is 123 Å². The molecule has 0 fully saturated rings. The number of ether oxygens (including phenoxy) is 1. The van der Waals surface area contributed by atoms with Crippen LogP contribution in [0.2, 0.25) is 0 Å². The van der Waals surface area contributed by atoms with Gasteiger partial charge in [0.1, 0.15) is 0 Å². The van der Waals surface area contributed by atoms with E-state index in [1.165, 1.54) is 0 Å². The molecule has 0 unspecified atom stereocenters. The van der Waals surface area contributed by atoms with E-state index in [1.54, 1.807) is 0 Å². The van der Waals surface area contributed by atoms with Crippen LogP contribution in [-0.2, 0) is 4.79 Å². The lowest BCUT2D eigenvalue weighted by molar-refractivity contribution is -0.573. The summed E-state index contributed by atoms with van der Waals surface area (Å²) in [5, 5.41) is 10.9. The summed E-state index contributed by atoms with van der Waals surface area (Å²) in [5.74, 6) is -21.3. The van der Waals surface area contributed by atoms with Gasteiger partial charge in [-0.25, -0.2) is 13.2 Å². The van der Waals surface area contributed by atoms with Gasteiger partial charge in [0.2, 0.25) is 34.8 Å². The Morgan fingerprint density at radius 1 is 0.708 bits per heavy atom. The molecule has 0 spiro atoms. The second kappa shape index (κ2) is 5.75. The predicted octanol–water partition coefficient (Wildman–Crippen LogP) is 2.51. The highest BCUT2D eigenvalue weighted by molar-refractivity contribution is 5.83. The zero-order valence-corrected chi connectivity index (χ0v) is 10.4. The van der Waals surface area contributed by atoms with Gasteiger partial charge in [-0.2, -0.15) is 35.1 Å². The van der Waals surface area contributed by atoms with E-state index in [-0.39, 0.29) is 0 Å². The molecule has 0 aliphatic rings. The van der Waals surface area contributed by atoms with Gasteiger partial charge in [-0.3, -0.25) is 4.79 Å². The molecule has 1 rings (SSSR count). The fourth-order valence-corrected chi connectivity index (χ4v) is 1.23. The monoisotopic (exact) mass is 377 g/mol. The number of carbonyl (C=O) groups is 1. The number of esters is 1. The summed E-state index contributed by atoms with van der Waals surface area (Å²) >= 11 is 0. The highest BCUT2D eigenvalue weighted by atomic mass is 19.4. The Kier molecular flexibility index (Phi) is 4.77. The van der Waals surface area contributed by atoms with Crippen LogP contribution in [0.25, 0.3) is 0 Å². The van der Waals surface area contributed by atoms with Gasteiger partial charge in [0.05, 0.1) is 0 Å². The van der Waals surface area contributed by atoms with Crippen molar-refractivity contribution in [1.29, 1.82) is 0 Å². The molecule has 0 aromatic heterocycles. The van der Waals surface area contributed by atoms with Crippen molar-refractivity contribution >= 4 is 5.97 Å². The lowest BCUT2D eigenvalue weighted by Crippen LogP contribution is -2.72. The van der Waals surface area contributed by atoms with Crippen molar-refractivity contribution in [3.05, 3.63) is 29.1 Å². The number of halogens is 11. The third-order valence-corrected chi connectivity index (χ3v) is 2.45. The third-order valence-electron chi connectivity index (χ3n) is 2.45. The van der Waals surface area contributed by atoms with Gasteiger partial charge < -0.3 is 9.84 Å². The van der Waals surface area contributed by atoms with E-state index in [1.807, 2.05) is 0 Å². The zero-order valence-electron chi connectivity index (χ0n) is 10.4. The maximum Gasteiger partial charge on any atom is 0.399 e. The van der Waals surface area contributed by atoms with Crippen molar-refractivity contribution < 1.29 is 62.9 Å². The normalized spacial score (nSPS) is 13.2. The molecule has 0 atom stereocenters. The first-order chi connectivity index (χ1) is 10.6. The Hall–Kier alpha value is -2.12. The average molecular weight is 377 g/mol. The molecule has 0 amide bonds. The minimum absolute atomic E-state index is 2.79. The van der Waals surface area contributed by atoms with Crippen LogP contribution in [0.4, 0.5) is 48.3 Å². The van der Waals surface area contributed by atoms with Crippen molar-refractivity contribution in [3.8, 4) is 5.75 Å². The van der Waals surface area contributed by atoms with Crippen LogP contribution in [0.15, 0.2) is 0 Å². The van der Waals surface area contributed by atoms with Crippen molar-refractivity contribution in [3.63, 3.8) is 0 Å². The van der Waals surface area contributed by atoms with Crippen LogP contribution < -0.4 is 9.84 Å². The number of hydrogen-bond donors (Lipinski definition) is 0. The van der Waals surface area contributed by atoms with Gasteiger partial charge >= 0.3 is 18.3 Å². The first-order valence-electron chi connectivity index (χ1n) is 5.15. The van der Waals surface area contributed by atoms with E-state index in [0.717, 1.165) is 0 Å². The molecular formula is C10F11O3-. The summed E-state index contributed by atoms with van der Waals surface area (Å²) < 4.78 is 141. The highest BCUT2D eigenvalue weighted by Crippen LogP contribution is 2.42. The first-order valence-corrected chi connectivity index (χ1v) is 5.15. The molecular weight excluding hydrogens is 377 g/mol. The molecule has 1 aromatic carbocycles. The van der Waals surface area contributed by atoms with Crippen molar-refractivity contribution in [2.24, 2.45) is 0 Å². The zero-order chi connectivity index (χ0) is 19.2. The van der Waals surface area contributed by atoms with Crippen LogP contribution >= 0.6 is 0 Å². The van der Waals surface area contributed by atoms with Gasteiger partial charge in [0.25, 0.3) is 0 Å². The van der Waals surface area contributed by atoms with Crippen LogP contribution in [0.3, 0.4) is 0 Å². The molecule has 0 heterocycles. The largest absolute Gasteiger partial charge is 0.828 e. The summed E-state index contributed by atoms with van der Waals surface area (Å²) in [4.78, 5) is 10.9. The van der Waals surface area contributed by atoms with Gasteiger partial charge in [-0.05, 0) is 0 Å². The van der Waals surface area contributed by atoms with Gasteiger partial charge in [0, 0.05) is 0 Å². The number of hydrogen-bond acceptors (Lipinski definition) is 3. The lowest BCUT2D eigenvalue weighted by Gasteiger charge is -2.39. The molecule has 0 saturated heterocycles. The predicted molar refractivity (Wildman–Crippen MR) is 46.7 cm³/mol. The van der Waals surface area contributed by atoms with Crippen LogP contribution in [0.1, 0.15) is 0 Å². The number of benzene rings is 1. The van der Waals surface area contributed by atoms with Crippen molar-refractivity contribution in [2.45, 2.75) is 18.0 Å². The molecule has 0 N–H and O–H groups in total. The molecule has 24 heavy (non-hydrogen) atoms. The summed E-state index contributed by atoms with van der Waals surface area (Å²) in [6.07, 6.45) is -13.8. The second-order valence-corrected chi connectivity index (χ2v) is 3.97. The summed E-state index contributed by atoms with van der Waals surface area (Å²) in [6, 6.07) is 0. The van der Waals surface area contributed by atoms with Gasteiger partial charge in [-0.15, -0.1) is 0 Å². The summed E-state index contributed by atoms with van der Waals surface area (Å²) in [6.45, 7) is 0. The van der Waals surface area contributed by atoms with Crippen LogP contribution in [0, 0.1) is 29.1 Å². The van der Waals surface area contributed by atoms with Gasteiger partial charge in [0.15, 0.2) is 5.60 Å². The minimum Gasteiger partial charge on any atom is -0.828 e. The highest BCUT2D eigenvalue weighted by Gasteiger charge is 2.68. The van der Waals surface area contributed by atoms with Crippen molar-refractivity contribution in [1.82, 2.24) is 0 Å². The van der Waals surface area contributed by atoms with Gasteiger partial charge in [-0.1, -0.05) is 0 Å². The lowest BCUT2D eigenvalue weighted by atomic mass is 10.0. The van der Waals surface area contributed by atoms with E-state index in [4.69, 9.17) is 0 Å². The van der Waals surface area contributed by atoms with Crippen molar-refractivity contribution in [2.75, 3.05) is 0 Å². The molecule has 0 saturated carbocycles. The Morgan fingerprint density at radius 3 is 1.29 bits per heavy atom. The number of rotatable bonds is 2. The minimum atomic E-state index is -6.90. The molecule has 0 radical (unpaired) electrons. The Balaban J connectivity index is 3.49. The number of alkyl halides is 6. The fourth-order valence-electron chi connectivity index (χ4n) is 1.23. The van der Waals surface area contributed by atoms with Crippen LogP contribution in [-0.4, -0.2) is 23.9 Å². The molecule has 0 bridgehead atoms. The standard InChI is InChI=1S/C10F11O3/c11-1-2(12)4(14)6(5(15)3(1)13)24-7(22)8(23,9(16,17)18)10(19,20)21/q-1. The SMILES string of the molecule is O=C(Oc1c(F)c(F)c(F)c(F)c1F)C([O-])(C(F)(F)F)C(F)(F)F. The quantitative estimate of drug-likeness (QED) is 0.262. The van der Waals surface area contributed by atoms with E-state index < -0.39 is 58.8 Å². The first kappa shape index (κ1) is 19.9. The smallest absolute Gasteiger partial charge is 0.399 e. The van der Waals surface area contributed by atoms with Crippen LogP contribution in [0.5, 0.6) is 5.75 Å². The summed E-state index contributed by atoms with van der Waals surface area (Å²) in [5.41, 5.74) is -6.53. The average Bonchev–Trinajstić information content (AvgIpc) is 2.44. The fraction of sp³-hybridized carbons (Fsp3) is 0.300. The molecule has 0 aliphatic heterocycles. The maximum absolute atomic E-state index is 13.1. The topological polar surface area (TPSA) is 49.4 Å².